The fraction of sp³-hybridized carbons (Fsp3) is 0.235. The van der Waals surface area contributed by atoms with E-state index in [1.807, 2.05) is 23.5 Å². The topological polar surface area (TPSA) is 72.3 Å². The van der Waals surface area contributed by atoms with E-state index in [1.165, 1.54) is 0 Å². The van der Waals surface area contributed by atoms with E-state index in [1.54, 1.807) is 13.0 Å². The molecule has 1 N–H and O–H groups in total. The van der Waals surface area contributed by atoms with Crippen LogP contribution in [0.3, 0.4) is 0 Å². The van der Waals surface area contributed by atoms with E-state index >= 15 is 0 Å². The maximum atomic E-state index is 11.9. The van der Waals surface area contributed by atoms with Gasteiger partial charge in [0.15, 0.2) is 0 Å². The van der Waals surface area contributed by atoms with E-state index in [-0.39, 0.29) is 5.97 Å². The number of ether oxygens (including phenoxy) is 1. The third-order valence-corrected chi connectivity index (χ3v) is 3.94. The number of imidazole rings is 1. The number of aromatic amines is 1. The highest BCUT2D eigenvalue weighted by Gasteiger charge is 2.16. The zero-order valence-electron chi connectivity index (χ0n) is 13.2. The van der Waals surface area contributed by atoms with Crippen molar-refractivity contribution < 1.29 is 9.53 Å². The highest BCUT2D eigenvalue weighted by molar-refractivity contribution is 5.95. The van der Waals surface area contributed by atoms with Crippen molar-refractivity contribution in [3.63, 3.8) is 0 Å². The normalized spacial score (nSPS) is 11.6. The summed E-state index contributed by atoms with van der Waals surface area (Å²) < 4.78 is 6.99. The van der Waals surface area contributed by atoms with E-state index in [0.717, 1.165) is 39.1 Å². The summed E-state index contributed by atoms with van der Waals surface area (Å²) in [6.07, 6.45) is 0. The number of pyridine rings is 2. The summed E-state index contributed by atoms with van der Waals surface area (Å²) in [5, 5.41) is 1.06. The van der Waals surface area contributed by atoms with Gasteiger partial charge in [0.05, 0.1) is 6.61 Å². The van der Waals surface area contributed by atoms with Crippen LogP contribution in [-0.4, -0.2) is 31.9 Å². The Balaban J connectivity index is 2.07. The minimum absolute atomic E-state index is 0.340. The number of fused-ring (bicyclic) bond motifs is 5. The molecule has 0 aliphatic rings. The van der Waals surface area contributed by atoms with Crippen LogP contribution in [0.25, 0.3) is 27.8 Å². The van der Waals surface area contributed by atoms with Crippen LogP contribution in [0.4, 0.5) is 0 Å². The maximum absolute atomic E-state index is 11.9. The van der Waals surface area contributed by atoms with E-state index < -0.39 is 0 Å². The molecule has 0 radical (unpaired) electrons. The zero-order valence-corrected chi connectivity index (χ0v) is 13.2. The maximum Gasteiger partial charge on any atom is 0.354 e. The molecular formula is C17H16N4O2. The van der Waals surface area contributed by atoms with Crippen molar-refractivity contribution in [2.45, 2.75) is 20.8 Å². The van der Waals surface area contributed by atoms with Crippen molar-refractivity contribution in [3.05, 3.63) is 41.2 Å². The van der Waals surface area contributed by atoms with Gasteiger partial charge in [0.2, 0.25) is 0 Å². The van der Waals surface area contributed by atoms with Crippen molar-refractivity contribution in [2.75, 3.05) is 6.61 Å². The molecule has 0 aliphatic heterocycles. The fourth-order valence-corrected chi connectivity index (χ4v) is 2.98. The molecule has 0 bridgehead atoms. The Hall–Kier alpha value is -2.89. The minimum Gasteiger partial charge on any atom is -0.461 e. The molecule has 0 unspecified atom stereocenters. The predicted molar refractivity (Wildman–Crippen MR) is 87.8 cm³/mol. The lowest BCUT2D eigenvalue weighted by Crippen LogP contribution is -2.05. The Kier molecular flexibility index (Phi) is 2.87. The summed E-state index contributed by atoms with van der Waals surface area (Å²) in [5.74, 6) is -0.375. The monoisotopic (exact) mass is 308 g/mol. The molecule has 0 atom stereocenters. The third kappa shape index (κ3) is 1.98. The molecule has 0 saturated heterocycles. The van der Waals surface area contributed by atoms with E-state index in [0.29, 0.717) is 12.3 Å². The van der Waals surface area contributed by atoms with Crippen LogP contribution in [0.1, 0.15) is 28.7 Å². The SMILES string of the molecule is CCOC(=O)c1cc2nc3ccc4c(C)cc(C)nc4n3c2[nH]1. The second-order valence-corrected chi connectivity index (χ2v) is 5.59. The number of rotatable bonds is 2. The number of aryl methyl sites for hydroxylation is 2. The number of nitrogens with zero attached hydrogens (tertiary/aromatic N) is 3. The van der Waals surface area contributed by atoms with Crippen molar-refractivity contribution >= 4 is 33.8 Å². The van der Waals surface area contributed by atoms with Gasteiger partial charge in [-0.3, -0.25) is 4.40 Å². The second-order valence-electron chi connectivity index (χ2n) is 5.59. The van der Waals surface area contributed by atoms with Crippen molar-refractivity contribution in [1.82, 2.24) is 19.4 Å². The first kappa shape index (κ1) is 13.8. The van der Waals surface area contributed by atoms with Crippen molar-refractivity contribution in [2.24, 2.45) is 0 Å². The Morgan fingerprint density at radius 1 is 1.26 bits per heavy atom. The third-order valence-electron chi connectivity index (χ3n) is 3.94. The lowest BCUT2D eigenvalue weighted by atomic mass is 10.1. The molecule has 23 heavy (non-hydrogen) atoms. The van der Waals surface area contributed by atoms with E-state index in [4.69, 9.17) is 4.74 Å². The molecule has 4 heterocycles. The average Bonchev–Trinajstić information content (AvgIpc) is 3.04. The second kappa shape index (κ2) is 4.81. The number of H-pyrrole nitrogens is 1. The summed E-state index contributed by atoms with van der Waals surface area (Å²) in [7, 11) is 0. The van der Waals surface area contributed by atoms with E-state index in [9.17, 15) is 4.79 Å². The molecule has 4 rings (SSSR count). The predicted octanol–water partition coefficient (Wildman–Crippen LogP) is 3.16. The van der Waals surface area contributed by atoms with Gasteiger partial charge in [-0.15, -0.1) is 0 Å². The van der Waals surface area contributed by atoms with E-state index in [2.05, 4.69) is 27.9 Å². The Bertz CT molecular complexity index is 1070. The number of aromatic nitrogens is 4. The molecule has 0 amide bonds. The number of esters is 1. The fourth-order valence-electron chi connectivity index (χ4n) is 2.98. The molecule has 4 aromatic heterocycles. The Morgan fingerprint density at radius 3 is 2.87 bits per heavy atom. The van der Waals surface area contributed by atoms with Gasteiger partial charge in [0.25, 0.3) is 0 Å². The Labute approximate surface area is 132 Å². The lowest BCUT2D eigenvalue weighted by molar-refractivity contribution is 0.0520. The molecule has 0 aromatic carbocycles. The van der Waals surface area contributed by atoms with Gasteiger partial charge < -0.3 is 9.72 Å². The van der Waals surface area contributed by atoms with Gasteiger partial charge >= 0.3 is 5.97 Å². The van der Waals surface area contributed by atoms with Gasteiger partial charge in [-0.1, -0.05) is 0 Å². The van der Waals surface area contributed by atoms with Gasteiger partial charge in [0, 0.05) is 11.1 Å². The van der Waals surface area contributed by atoms with Crippen LogP contribution in [0.15, 0.2) is 24.3 Å². The molecule has 6 heteroatoms. The van der Waals surface area contributed by atoms with Crippen LogP contribution in [0.5, 0.6) is 0 Å². The molecule has 0 spiro atoms. The van der Waals surface area contributed by atoms with Crippen LogP contribution >= 0.6 is 0 Å². The zero-order chi connectivity index (χ0) is 16.1. The molecule has 4 aromatic rings. The van der Waals surface area contributed by atoms with Crippen molar-refractivity contribution in [3.8, 4) is 0 Å². The van der Waals surface area contributed by atoms with Gasteiger partial charge in [0.1, 0.15) is 28.2 Å². The smallest absolute Gasteiger partial charge is 0.354 e. The number of hydrogen-bond acceptors (Lipinski definition) is 4. The Morgan fingerprint density at radius 2 is 2.09 bits per heavy atom. The van der Waals surface area contributed by atoms with Crippen LogP contribution in [0, 0.1) is 13.8 Å². The summed E-state index contributed by atoms with van der Waals surface area (Å²) in [6, 6.07) is 7.77. The highest BCUT2D eigenvalue weighted by Crippen LogP contribution is 2.25. The van der Waals surface area contributed by atoms with Gasteiger partial charge in [-0.05, 0) is 50.6 Å². The molecule has 0 fully saturated rings. The standard InChI is InChI=1S/C17H16N4O2/c1-4-23-17(22)13-8-12-16(20-13)21-14(19-12)6-5-11-9(2)7-10(3)18-15(11)21/h5-8,20H,4H2,1-3H3. The van der Waals surface area contributed by atoms with Crippen LogP contribution < -0.4 is 0 Å². The number of carbonyl (C=O) groups excluding carboxylic acids is 1. The van der Waals surface area contributed by atoms with Crippen molar-refractivity contribution in [1.29, 1.82) is 0 Å². The molecule has 116 valence electrons. The summed E-state index contributed by atoms with van der Waals surface area (Å²) in [4.78, 5) is 24.3. The number of hydrogen-bond donors (Lipinski definition) is 1. The number of carbonyl (C=O) groups is 1. The summed E-state index contributed by atoms with van der Waals surface area (Å²) in [5.41, 5.74) is 5.62. The first-order valence-corrected chi connectivity index (χ1v) is 7.53. The molecule has 0 saturated carbocycles. The first-order chi connectivity index (χ1) is 11.1. The number of nitrogens with one attached hydrogen (secondary N) is 1. The highest BCUT2D eigenvalue weighted by atomic mass is 16.5. The largest absolute Gasteiger partial charge is 0.461 e. The molecule has 6 nitrogen and oxygen atoms in total. The average molecular weight is 308 g/mol. The van der Waals surface area contributed by atoms with Crippen LogP contribution in [0.2, 0.25) is 0 Å². The minimum atomic E-state index is -0.375. The summed E-state index contributed by atoms with van der Waals surface area (Å²) >= 11 is 0. The van der Waals surface area contributed by atoms with Gasteiger partial charge in [-0.25, -0.2) is 14.8 Å². The van der Waals surface area contributed by atoms with Gasteiger partial charge in [-0.2, -0.15) is 0 Å². The lowest BCUT2D eigenvalue weighted by Gasteiger charge is -2.06. The molecular weight excluding hydrogens is 292 g/mol. The first-order valence-electron chi connectivity index (χ1n) is 7.53. The molecule has 0 aliphatic carbocycles. The quantitative estimate of drug-likeness (QED) is 0.577. The van der Waals surface area contributed by atoms with Crippen LogP contribution in [-0.2, 0) is 4.74 Å². The summed E-state index contributed by atoms with van der Waals surface area (Å²) in [6.45, 7) is 6.16.